The number of rotatable bonds is 6. The molecule has 19 heavy (non-hydrogen) atoms. The van der Waals surface area contributed by atoms with Crippen LogP contribution in [-0.2, 0) is 22.5 Å². The third kappa shape index (κ3) is 4.06. The highest BCUT2D eigenvalue weighted by Gasteiger charge is 2.24. The van der Waals surface area contributed by atoms with Gasteiger partial charge in [0.1, 0.15) is 6.04 Å². The molecule has 1 heterocycles. The second-order valence-electron chi connectivity index (χ2n) is 5.13. The lowest BCUT2D eigenvalue weighted by atomic mass is 9.96. The van der Waals surface area contributed by atoms with Gasteiger partial charge in [-0.25, -0.2) is 0 Å². The van der Waals surface area contributed by atoms with E-state index < -0.39 is 0 Å². The Hall–Kier alpha value is -1.35. The van der Waals surface area contributed by atoms with Crippen LogP contribution in [0.1, 0.15) is 43.7 Å². The Bertz CT molecular complexity index is 417. The third-order valence-electron chi connectivity index (χ3n) is 3.61. The highest BCUT2D eigenvalue weighted by atomic mass is 16.5. The minimum atomic E-state index is -0.180. The summed E-state index contributed by atoms with van der Waals surface area (Å²) in [6, 6.07) is 8.08. The molecule has 0 aliphatic carbocycles. The van der Waals surface area contributed by atoms with Gasteiger partial charge in [-0.3, -0.25) is 4.79 Å². The van der Waals surface area contributed by atoms with Gasteiger partial charge in [0.2, 0.25) is 0 Å². The fraction of sp³-hybridized carbons (Fsp3) is 0.562. The first-order chi connectivity index (χ1) is 9.31. The van der Waals surface area contributed by atoms with Crippen LogP contribution >= 0.6 is 0 Å². The van der Waals surface area contributed by atoms with Crippen molar-refractivity contribution in [2.45, 2.75) is 51.6 Å². The predicted molar refractivity (Wildman–Crippen MR) is 75.9 cm³/mol. The van der Waals surface area contributed by atoms with Crippen molar-refractivity contribution in [2.75, 3.05) is 6.61 Å². The van der Waals surface area contributed by atoms with E-state index in [0.717, 1.165) is 25.8 Å². The number of fused-ring (bicyclic) bond motifs is 1. The monoisotopic (exact) mass is 261 g/mol. The van der Waals surface area contributed by atoms with Crippen molar-refractivity contribution in [3.8, 4) is 0 Å². The van der Waals surface area contributed by atoms with Gasteiger partial charge >= 0.3 is 5.97 Å². The predicted octanol–water partition coefficient (Wildman–Crippen LogP) is 2.82. The van der Waals surface area contributed by atoms with Crippen LogP contribution in [0.25, 0.3) is 0 Å². The third-order valence-corrected chi connectivity index (χ3v) is 3.61. The largest absolute Gasteiger partial charge is 0.465 e. The molecule has 0 unspecified atom stereocenters. The number of unbranched alkanes of at least 4 members (excludes halogenated alkanes) is 3. The number of nitrogens with one attached hydrogen (secondary N) is 1. The van der Waals surface area contributed by atoms with E-state index in [0.29, 0.717) is 6.61 Å². The summed E-state index contributed by atoms with van der Waals surface area (Å²) in [6.07, 6.45) is 5.28. The molecule has 0 amide bonds. The number of esters is 1. The van der Waals surface area contributed by atoms with Gasteiger partial charge in [0, 0.05) is 6.54 Å². The molecule has 0 saturated heterocycles. The van der Waals surface area contributed by atoms with E-state index >= 15 is 0 Å². The molecular weight excluding hydrogens is 238 g/mol. The number of carbonyl (C=O) groups excluding carboxylic acids is 1. The zero-order valence-electron chi connectivity index (χ0n) is 11.7. The number of benzene rings is 1. The van der Waals surface area contributed by atoms with Crippen LogP contribution in [-0.4, -0.2) is 18.6 Å². The van der Waals surface area contributed by atoms with Gasteiger partial charge < -0.3 is 10.1 Å². The first-order valence-corrected chi connectivity index (χ1v) is 7.28. The molecular formula is C16H23NO2. The zero-order valence-corrected chi connectivity index (χ0v) is 11.7. The van der Waals surface area contributed by atoms with Crippen LogP contribution in [0.15, 0.2) is 24.3 Å². The van der Waals surface area contributed by atoms with Crippen LogP contribution in [0.5, 0.6) is 0 Å². The number of hydrogen-bond donors (Lipinski definition) is 1. The molecule has 2 rings (SSSR count). The molecule has 0 radical (unpaired) electrons. The molecule has 1 aliphatic rings. The molecule has 1 N–H and O–H groups in total. The van der Waals surface area contributed by atoms with Crippen LogP contribution in [0.2, 0.25) is 0 Å². The standard InChI is InChI=1S/C16H23NO2/c1-2-3-4-7-10-19-16(18)15-11-13-8-5-6-9-14(13)12-17-15/h5-6,8-9,15,17H,2-4,7,10-12H2,1H3/t15-/m1/s1. The Balaban J connectivity index is 1.76. The highest BCUT2D eigenvalue weighted by Crippen LogP contribution is 2.16. The zero-order chi connectivity index (χ0) is 13.5. The lowest BCUT2D eigenvalue weighted by Gasteiger charge is -2.24. The molecule has 104 valence electrons. The maximum atomic E-state index is 12.0. The fourth-order valence-electron chi connectivity index (χ4n) is 2.42. The summed E-state index contributed by atoms with van der Waals surface area (Å²) in [5, 5.41) is 3.25. The smallest absolute Gasteiger partial charge is 0.323 e. The second kappa shape index (κ2) is 7.29. The molecule has 0 spiro atoms. The summed E-state index contributed by atoms with van der Waals surface area (Å²) < 4.78 is 5.34. The minimum absolute atomic E-state index is 0.106. The molecule has 0 saturated carbocycles. The molecule has 0 bridgehead atoms. The molecule has 1 aliphatic heterocycles. The summed E-state index contributed by atoms with van der Waals surface area (Å²) in [5.74, 6) is -0.106. The van der Waals surface area contributed by atoms with Crippen molar-refractivity contribution in [2.24, 2.45) is 0 Å². The molecule has 1 aromatic rings. The molecule has 0 fully saturated rings. The van der Waals surface area contributed by atoms with Crippen LogP contribution in [0, 0.1) is 0 Å². The van der Waals surface area contributed by atoms with Gasteiger partial charge in [0.25, 0.3) is 0 Å². The summed E-state index contributed by atoms with van der Waals surface area (Å²) in [6.45, 7) is 3.49. The fourth-order valence-corrected chi connectivity index (χ4v) is 2.42. The first kappa shape index (κ1) is 14.1. The van der Waals surface area contributed by atoms with E-state index in [1.165, 1.54) is 24.0 Å². The normalized spacial score (nSPS) is 17.8. The maximum Gasteiger partial charge on any atom is 0.323 e. The van der Waals surface area contributed by atoms with Gasteiger partial charge in [-0.05, 0) is 24.0 Å². The molecule has 1 aromatic carbocycles. The van der Waals surface area contributed by atoms with Crippen LogP contribution in [0.4, 0.5) is 0 Å². The Morgan fingerprint density at radius 3 is 2.84 bits per heavy atom. The van der Waals surface area contributed by atoms with Gasteiger partial charge in [0.15, 0.2) is 0 Å². The van der Waals surface area contributed by atoms with Gasteiger partial charge in [0.05, 0.1) is 6.61 Å². The summed E-state index contributed by atoms with van der Waals surface area (Å²) in [7, 11) is 0. The average Bonchev–Trinajstić information content (AvgIpc) is 2.46. The van der Waals surface area contributed by atoms with Gasteiger partial charge in [-0.1, -0.05) is 50.5 Å². The maximum absolute atomic E-state index is 12.0. The van der Waals surface area contributed by atoms with Crippen molar-refractivity contribution < 1.29 is 9.53 Å². The van der Waals surface area contributed by atoms with Crippen molar-refractivity contribution >= 4 is 5.97 Å². The van der Waals surface area contributed by atoms with Crippen LogP contribution in [0.3, 0.4) is 0 Å². The number of ether oxygens (including phenoxy) is 1. The summed E-state index contributed by atoms with van der Waals surface area (Å²) >= 11 is 0. The first-order valence-electron chi connectivity index (χ1n) is 7.28. The van der Waals surface area contributed by atoms with Crippen molar-refractivity contribution in [1.82, 2.24) is 5.32 Å². The molecule has 3 nitrogen and oxygen atoms in total. The molecule has 0 aromatic heterocycles. The number of hydrogen-bond acceptors (Lipinski definition) is 3. The highest BCUT2D eigenvalue weighted by molar-refractivity contribution is 5.76. The van der Waals surface area contributed by atoms with Crippen molar-refractivity contribution in [3.63, 3.8) is 0 Å². The summed E-state index contributed by atoms with van der Waals surface area (Å²) in [4.78, 5) is 12.0. The Morgan fingerprint density at radius 2 is 2.05 bits per heavy atom. The van der Waals surface area contributed by atoms with Gasteiger partial charge in [-0.2, -0.15) is 0 Å². The summed E-state index contributed by atoms with van der Waals surface area (Å²) in [5.41, 5.74) is 2.55. The van der Waals surface area contributed by atoms with Gasteiger partial charge in [-0.15, -0.1) is 0 Å². The number of carbonyl (C=O) groups is 1. The Morgan fingerprint density at radius 1 is 1.26 bits per heavy atom. The van der Waals surface area contributed by atoms with E-state index in [-0.39, 0.29) is 12.0 Å². The lowest BCUT2D eigenvalue weighted by molar-refractivity contribution is -0.146. The van der Waals surface area contributed by atoms with E-state index in [9.17, 15) is 4.79 Å². The minimum Gasteiger partial charge on any atom is -0.465 e. The Labute approximate surface area is 115 Å². The van der Waals surface area contributed by atoms with Crippen LogP contribution < -0.4 is 5.32 Å². The lowest BCUT2D eigenvalue weighted by Crippen LogP contribution is -2.42. The topological polar surface area (TPSA) is 38.3 Å². The molecule has 1 atom stereocenters. The van der Waals surface area contributed by atoms with E-state index in [1.807, 2.05) is 12.1 Å². The van der Waals surface area contributed by atoms with Crippen molar-refractivity contribution in [3.05, 3.63) is 35.4 Å². The SMILES string of the molecule is CCCCCCOC(=O)[C@H]1Cc2ccccc2CN1. The molecule has 3 heteroatoms. The van der Waals surface area contributed by atoms with E-state index in [1.54, 1.807) is 0 Å². The Kier molecular flexibility index (Phi) is 5.40. The van der Waals surface area contributed by atoms with E-state index in [4.69, 9.17) is 4.74 Å². The average molecular weight is 261 g/mol. The van der Waals surface area contributed by atoms with E-state index in [2.05, 4.69) is 24.4 Å². The van der Waals surface area contributed by atoms with Crippen molar-refractivity contribution in [1.29, 1.82) is 0 Å². The quantitative estimate of drug-likeness (QED) is 0.632. The second-order valence-corrected chi connectivity index (χ2v) is 5.13.